The smallest absolute Gasteiger partial charge is 0.00389 e. The average molecular weight is 247 g/mol. The molecule has 1 nitrogen and oxygen atoms in total. The monoisotopic (exact) mass is 247 g/mol. The Morgan fingerprint density at radius 1 is 1.00 bits per heavy atom. The minimum absolute atomic E-state index is 0.601. The van der Waals surface area contributed by atoms with E-state index in [0.717, 1.165) is 6.54 Å². The first kappa shape index (κ1) is 15.2. The van der Waals surface area contributed by atoms with Crippen LogP contribution in [-0.4, -0.2) is 12.6 Å². The summed E-state index contributed by atoms with van der Waals surface area (Å²) in [5, 5.41) is 3.66. The van der Waals surface area contributed by atoms with Crippen LogP contribution in [0.4, 0.5) is 0 Å². The van der Waals surface area contributed by atoms with Crippen molar-refractivity contribution in [2.24, 2.45) is 0 Å². The van der Waals surface area contributed by atoms with E-state index >= 15 is 0 Å². The lowest BCUT2D eigenvalue weighted by molar-refractivity contribution is 0.468. The van der Waals surface area contributed by atoms with Crippen LogP contribution < -0.4 is 5.32 Å². The topological polar surface area (TPSA) is 12.0 Å². The number of benzene rings is 1. The van der Waals surface area contributed by atoms with Crippen molar-refractivity contribution in [3.63, 3.8) is 0 Å². The van der Waals surface area contributed by atoms with E-state index in [1.54, 1.807) is 0 Å². The minimum Gasteiger partial charge on any atom is -0.314 e. The van der Waals surface area contributed by atoms with Gasteiger partial charge in [-0.15, -0.1) is 0 Å². The van der Waals surface area contributed by atoms with Gasteiger partial charge in [-0.25, -0.2) is 0 Å². The molecule has 0 fully saturated rings. The number of nitrogens with one attached hydrogen (secondary N) is 1. The third kappa shape index (κ3) is 6.20. The van der Waals surface area contributed by atoms with Crippen LogP contribution in [0.3, 0.4) is 0 Å². The van der Waals surface area contributed by atoms with E-state index in [-0.39, 0.29) is 0 Å². The molecule has 0 aromatic heterocycles. The molecule has 2 atom stereocenters. The molecule has 0 bridgehead atoms. The van der Waals surface area contributed by atoms with Crippen LogP contribution in [0.15, 0.2) is 30.3 Å². The van der Waals surface area contributed by atoms with Crippen molar-refractivity contribution in [3.8, 4) is 0 Å². The van der Waals surface area contributed by atoms with E-state index in [1.165, 1.54) is 37.7 Å². The summed E-state index contributed by atoms with van der Waals surface area (Å²) < 4.78 is 0. The summed E-state index contributed by atoms with van der Waals surface area (Å²) in [6.45, 7) is 7.96. The predicted molar refractivity (Wildman–Crippen MR) is 81.1 cm³/mol. The first-order valence-electron chi connectivity index (χ1n) is 7.52. The van der Waals surface area contributed by atoms with Crippen molar-refractivity contribution in [1.29, 1.82) is 0 Å². The molecule has 0 spiro atoms. The summed E-state index contributed by atoms with van der Waals surface area (Å²) in [5.74, 6) is 0.601. The summed E-state index contributed by atoms with van der Waals surface area (Å²) in [6, 6.07) is 11.4. The summed E-state index contributed by atoms with van der Waals surface area (Å²) >= 11 is 0. The van der Waals surface area contributed by atoms with Crippen molar-refractivity contribution in [2.45, 2.75) is 64.8 Å². The second kappa shape index (κ2) is 9.16. The number of hydrogen-bond donors (Lipinski definition) is 1. The van der Waals surface area contributed by atoms with Gasteiger partial charge in [0, 0.05) is 12.6 Å². The SMILES string of the molecule is CCCCCCC(C)NCC(C)c1ccccc1. The van der Waals surface area contributed by atoms with Crippen molar-refractivity contribution >= 4 is 0 Å². The van der Waals surface area contributed by atoms with Gasteiger partial charge in [0.05, 0.1) is 0 Å². The molecule has 0 aliphatic rings. The highest BCUT2D eigenvalue weighted by molar-refractivity contribution is 5.18. The Labute approximate surface area is 113 Å². The molecule has 1 heteroatoms. The van der Waals surface area contributed by atoms with Gasteiger partial charge in [-0.05, 0) is 24.8 Å². The fourth-order valence-corrected chi connectivity index (χ4v) is 2.26. The average Bonchev–Trinajstić information content (AvgIpc) is 2.42. The van der Waals surface area contributed by atoms with Crippen LogP contribution in [0.5, 0.6) is 0 Å². The van der Waals surface area contributed by atoms with Gasteiger partial charge in [-0.2, -0.15) is 0 Å². The third-order valence-corrected chi connectivity index (χ3v) is 3.63. The van der Waals surface area contributed by atoms with Crippen LogP contribution in [0, 0.1) is 0 Å². The number of unbranched alkanes of at least 4 members (excludes halogenated alkanes) is 3. The molecule has 0 radical (unpaired) electrons. The lowest BCUT2D eigenvalue weighted by Crippen LogP contribution is -2.29. The fourth-order valence-electron chi connectivity index (χ4n) is 2.26. The number of rotatable bonds is 9. The minimum atomic E-state index is 0.601. The zero-order valence-corrected chi connectivity index (χ0v) is 12.3. The van der Waals surface area contributed by atoms with Gasteiger partial charge in [-0.3, -0.25) is 0 Å². The Bertz CT molecular complexity index is 294. The molecule has 0 amide bonds. The van der Waals surface area contributed by atoms with Crippen LogP contribution in [0.1, 0.15) is 64.4 Å². The highest BCUT2D eigenvalue weighted by Crippen LogP contribution is 2.14. The fraction of sp³-hybridized carbons (Fsp3) is 0.647. The first-order chi connectivity index (χ1) is 8.74. The van der Waals surface area contributed by atoms with E-state index in [4.69, 9.17) is 0 Å². The molecule has 0 heterocycles. The molecule has 1 aromatic rings. The lowest BCUT2D eigenvalue weighted by atomic mass is 10.0. The van der Waals surface area contributed by atoms with E-state index in [2.05, 4.69) is 56.4 Å². The second-order valence-electron chi connectivity index (χ2n) is 5.47. The van der Waals surface area contributed by atoms with Gasteiger partial charge in [0.25, 0.3) is 0 Å². The summed E-state index contributed by atoms with van der Waals surface area (Å²) in [5.41, 5.74) is 1.43. The number of hydrogen-bond acceptors (Lipinski definition) is 1. The van der Waals surface area contributed by atoms with Gasteiger partial charge in [-0.1, -0.05) is 69.9 Å². The molecule has 1 aromatic carbocycles. The van der Waals surface area contributed by atoms with Gasteiger partial charge >= 0.3 is 0 Å². The van der Waals surface area contributed by atoms with Gasteiger partial charge in [0.15, 0.2) is 0 Å². The Hall–Kier alpha value is -0.820. The Balaban J connectivity index is 2.16. The molecule has 2 unspecified atom stereocenters. The summed E-state index contributed by atoms with van der Waals surface area (Å²) in [6.07, 6.45) is 6.76. The van der Waals surface area contributed by atoms with Crippen LogP contribution >= 0.6 is 0 Å². The van der Waals surface area contributed by atoms with Crippen LogP contribution in [0.25, 0.3) is 0 Å². The van der Waals surface area contributed by atoms with Gasteiger partial charge < -0.3 is 5.32 Å². The molecule has 102 valence electrons. The van der Waals surface area contributed by atoms with Crippen LogP contribution in [0.2, 0.25) is 0 Å². The summed E-state index contributed by atoms with van der Waals surface area (Å²) in [4.78, 5) is 0. The third-order valence-electron chi connectivity index (χ3n) is 3.63. The maximum atomic E-state index is 3.66. The summed E-state index contributed by atoms with van der Waals surface area (Å²) in [7, 11) is 0. The Morgan fingerprint density at radius 3 is 2.39 bits per heavy atom. The van der Waals surface area contributed by atoms with Crippen molar-refractivity contribution in [1.82, 2.24) is 5.32 Å². The largest absolute Gasteiger partial charge is 0.314 e. The maximum Gasteiger partial charge on any atom is 0.00389 e. The molecular weight excluding hydrogens is 218 g/mol. The van der Waals surface area contributed by atoms with Gasteiger partial charge in [0.2, 0.25) is 0 Å². The molecule has 0 aliphatic carbocycles. The predicted octanol–water partition coefficient (Wildman–Crippen LogP) is 4.74. The molecule has 1 N–H and O–H groups in total. The van der Waals surface area contributed by atoms with E-state index in [1.807, 2.05) is 0 Å². The van der Waals surface area contributed by atoms with E-state index in [9.17, 15) is 0 Å². The second-order valence-corrected chi connectivity index (χ2v) is 5.47. The van der Waals surface area contributed by atoms with E-state index < -0.39 is 0 Å². The first-order valence-corrected chi connectivity index (χ1v) is 7.52. The maximum absolute atomic E-state index is 3.66. The highest BCUT2D eigenvalue weighted by atomic mass is 14.9. The van der Waals surface area contributed by atoms with Crippen molar-refractivity contribution in [3.05, 3.63) is 35.9 Å². The van der Waals surface area contributed by atoms with E-state index in [0.29, 0.717) is 12.0 Å². The Kier molecular flexibility index (Phi) is 7.75. The zero-order valence-electron chi connectivity index (χ0n) is 12.3. The lowest BCUT2D eigenvalue weighted by Gasteiger charge is -2.18. The normalized spacial score (nSPS) is 14.4. The standard InChI is InChI=1S/C17H29N/c1-4-5-6-8-11-16(3)18-14-15(2)17-12-9-7-10-13-17/h7,9-10,12-13,15-16,18H,4-6,8,11,14H2,1-3H3. The van der Waals surface area contributed by atoms with Crippen LogP contribution in [-0.2, 0) is 0 Å². The molecular formula is C17H29N. The highest BCUT2D eigenvalue weighted by Gasteiger charge is 2.07. The van der Waals surface area contributed by atoms with Gasteiger partial charge in [0.1, 0.15) is 0 Å². The molecule has 0 saturated heterocycles. The molecule has 18 heavy (non-hydrogen) atoms. The molecule has 0 aliphatic heterocycles. The quantitative estimate of drug-likeness (QED) is 0.622. The van der Waals surface area contributed by atoms with Crippen molar-refractivity contribution < 1.29 is 0 Å². The Morgan fingerprint density at radius 2 is 1.72 bits per heavy atom. The molecule has 1 rings (SSSR count). The zero-order chi connectivity index (χ0) is 13.2. The molecule has 0 saturated carbocycles. The van der Waals surface area contributed by atoms with Crippen molar-refractivity contribution in [2.75, 3.05) is 6.54 Å².